The molecule has 0 bridgehead atoms. The van der Waals surface area contributed by atoms with E-state index in [9.17, 15) is 0 Å². The molecular weight excluding hydrogens is 258 g/mol. The first-order valence-electron chi connectivity index (χ1n) is 6.00. The molecule has 1 aromatic carbocycles. The lowest BCUT2D eigenvalue weighted by atomic mass is 10.1. The Balaban J connectivity index is 2.24. The van der Waals surface area contributed by atoms with Crippen LogP contribution in [0.3, 0.4) is 0 Å². The number of thiazole rings is 1. The summed E-state index contributed by atoms with van der Waals surface area (Å²) in [4.78, 5) is 5.96. The molecule has 1 nitrogen and oxygen atoms in total. The molecule has 18 heavy (non-hydrogen) atoms. The average molecular weight is 275 g/mol. The third-order valence-electron chi connectivity index (χ3n) is 2.68. The van der Waals surface area contributed by atoms with Crippen LogP contribution in [0.2, 0.25) is 0 Å². The van der Waals surface area contributed by atoms with Gasteiger partial charge in [0, 0.05) is 6.42 Å². The van der Waals surface area contributed by atoms with Gasteiger partial charge in [0.2, 0.25) is 0 Å². The number of aryl methyl sites for hydroxylation is 1. The quantitative estimate of drug-likeness (QED) is 0.805. The fourth-order valence-corrected chi connectivity index (χ4v) is 3.14. The molecule has 0 amide bonds. The van der Waals surface area contributed by atoms with Crippen LogP contribution in [0.25, 0.3) is 5.57 Å². The summed E-state index contributed by atoms with van der Waals surface area (Å²) >= 11 is 6.05. The first kappa shape index (κ1) is 13.4. The number of nitrogens with zero attached hydrogens (tertiary/aromatic N) is 1. The second kappa shape index (κ2) is 6.21. The lowest BCUT2D eigenvalue weighted by molar-refractivity contribution is 1.02. The maximum Gasteiger partial charge on any atom is 0.0978 e. The van der Waals surface area contributed by atoms with Crippen LogP contribution in [0, 0.1) is 0 Å². The fraction of sp³-hybridized carbons (Fsp3) is 0.267. The highest BCUT2D eigenvalue weighted by atomic mass is 32.1. The molecule has 0 saturated carbocycles. The smallest absolute Gasteiger partial charge is 0.0978 e. The van der Waals surface area contributed by atoms with Gasteiger partial charge in [0.1, 0.15) is 0 Å². The standard InChI is InChI=1S/C15H17NS2/c1-11(2)15-13(8-9-17)16-14(18-15)10-12-6-4-3-5-7-12/h3-7,17H,1,8-10H2,2H3. The second-order valence-corrected chi connectivity index (χ2v) is 5.83. The summed E-state index contributed by atoms with van der Waals surface area (Å²) in [6.45, 7) is 6.08. The van der Waals surface area contributed by atoms with Gasteiger partial charge in [-0.05, 0) is 30.2 Å². The molecule has 2 aromatic rings. The van der Waals surface area contributed by atoms with Gasteiger partial charge < -0.3 is 0 Å². The first-order chi connectivity index (χ1) is 8.70. The minimum absolute atomic E-state index is 0.828. The molecule has 94 valence electrons. The van der Waals surface area contributed by atoms with E-state index < -0.39 is 0 Å². The van der Waals surface area contributed by atoms with Crippen molar-refractivity contribution in [3.8, 4) is 0 Å². The van der Waals surface area contributed by atoms with Crippen LogP contribution in [0.15, 0.2) is 36.9 Å². The number of hydrogen-bond acceptors (Lipinski definition) is 3. The molecule has 0 spiro atoms. The molecule has 0 radical (unpaired) electrons. The number of benzene rings is 1. The Hall–Kier alpha value is -1.06. The van der Waals surface area contributed by atoms with Crippen molar-refractivity contribution in [1.82, 2.24) is 4.98 Å². The summed E-state index contributed by atoms with van der Waals surface area (Å²) in [5.74, 6) is 0.828. The summed E-state index contributed by atoms with van der Waals surface area (Å²) < 4.78 is 0. The van der Waals surface area contributed by atoms with Gasteiger partial charge in [0.05, 0.1) is 15.6 Å². The van der Waals surface area contributed by atoms with E-state index in [1.807, 2.05) is 13.0 Å². The van der Waals surface area contributed by atoms with Crippen molar-refractivity contribution in [2.24, 2.45) is 0 Å². The average Bonchev–Trinajstić information content (AvgIpc) is 2.74. The molecule has 0 unspecified atom stereocenters. The molecule has 1 aromatic heterocycles. The van der Waals surface area contributed by atoms with E-state index in [1.54, 1.807) is 11.3 Å². The topological polar surface area (TPSA) is 12.9 Å². The fourth-order valence-electron chi connectivity index (χ4n) is 1.86. The monoisotopic (exact) mass is 275 g/mol. The Morgan fingerprint density at radius 2 is 2.06 bits per heavy atom. The normalized spacial score (nSPS) is 10.6. The minimum Gasteiger partial charge on any atom is -0.245 e. The SMILES string of the molecule is C=C(C)c1sc(Cc2ccccc2)nc1CCS. The van der Waals surface area contributed by atoms with Gasteiger partial charge in [-0.3, -0.25) is 0 Å². The van der Waals surface area contributed by atoms with Crippen LogP contribution in [0.1, 0.15) is 28.1 Å². The zero-order valence-electron chi connectivity index (χ0n) is 10.5. The third-order valence-corrected chi connectivity index (χ3v) is 4.16. The van der Waals surface area contributed by atoms with E-state index in [0.717, 1.165) is 34.9 Å². The molecule has 0 aliphatic heterocycles. The first-order valence-corrected chi connectivity index (χ1v) is 7.45. The summed E-state index contributed by atoms with van der Waals surface area (Å²) in [6, 6.07) is 10.5. The van der Waals surface area contributed by atoms with Gasteiger partial charge in [0.25, 0.3) is 0 Å². The Labute approximate surface area is 118 Å². The lowest BCUT2D eigenvalue weighted by Crippen LogP contribution is -1.92. The number of allylic oxidation sites excluding steroid dienone is 1. The Kier molecular flexibility index (Phi) is 4.61. The van der Waals surface area contributed by atoms with Crippen LogP contribution >= 0.6 is 24.0 Å². The molecule has 0 N–H and O–H groups in total. The van der Waals surface area contributed by atoms with E-state index in [-0.39, 0.29) is 0 Å². The van der Waals surface area contributed by atoms with E-state index in [2.05, 4.69) is 43.5 Å². The maximum absolute atomic E-state index is 4.73. The summed E-state index contributed by atoms with van der Waals surface area (Å²) in [6.07, 6.45) is 1.81. The summed E-state index contributed by atoms with van der Waals surface area (Å²) in [5, 5.41) is 1.16. The lowest BCUT2D eigenvalue weighted by Gasteiger charge is -1.97. The predicted molar refractivity (Wildman–Crippen MR) is 83.6 cm³/mol. The predicted octanol–water partition coefficient (Wildman–Crippen LogP) is 4.24. The molecule has 2 rings (SSSR count). The second-order valence-electron chi connectivity index (χ2n) is 4.30. The summed E-state index contributed by atoms with van der Waals surface area (Å²) in [7, 11) is 0. The van der Waals surface area contributed by atoms with Crippen LogP contribution < -0.4 is 0 Å². The molecule has 0 saturated heterocycles. The van der Waals surface area contributed by atoms with Gasteiger partial charge in [0.15, 0.2) is 0 Å². The Bertz CT molecular complexity index is 529. The number of aromatic nitrogens is 1. The van der Waals surface area contributed by atoms with Crippen LogP contribution in [-0.2, 0) is 12.8 Å². The molecule has 3 heteroatoms. The maximum atomic E-state index is 4.73. The minimum atomic E-state index is 0.828. The molecule has 0 aliphatic rings. The van der Waals surface area contributed by atoms with E-state index in [4.69, 9.17) is 4.98 Å². The van der Waals surface area contributed by atoms with Crippen LogP contribution in [0.5, 0.6) is 0 Å². The number of hydrogen-bond donors (Lipinski definition) is 1. The molecule has 1 heterocycles. The van der Waals surface area contributed by atoms with Gasteiger partial charge >= 0.3 is 0 Å². The van der Waals surface area contributed by atoms with Crippen molar-refractivity contribution in [2.75, 3.05) is 5.75 Å². The highest BCUT2D eigenvalue weighted by Gasteiger charge is 2.11. The van der Waals surface area contributed by atoms with Gasteiger partial charge in [-0.2, -0.15) is 12.6 Å². The van der Waals surface area contributed by atoms with Crippen molar-refractivity contribution in [2.45, 2.75) is 19.8 Å². The largest absolute Gasteiger partial charge is 0.245 e. The van der Waals surface area contributed by atoms with Crippen molar-refractivity contribution in [3.05, 3.63) is 58.1 Å². The number of thiol groups is 1. The highest BCUT2D eigenvalue weighted by molar-refractivity contribution is 7.80. The van der Waals surface area contributed by atoms with E-state index in [1.165, 1.54) is 10.4 Å². The van der Waals surface area contributed by atoms with Gasteiger partial charge in [-0.1, -0.05) is 36.9 Å². The zero-order chi connectivity index (χ0) is 13.0. The Morgan fingerprint density at radius 3 is 2.67 bits per heavy atom. The highest BCUT2D eigenvalue weighted by Crippen LogP contribution is 2.27. The molecule has 0 atom stereocenters. The number of rotatable bonds is 5. The van der Waals surface area contributed by atoms with Gasteiger partial charge in [-0.25, -0.2) is 4.98 Å². The molecular formula is C15H17NS2. The van der Waals surface area contributed by atoms with Crippen LogP contribution in [0.4, 0.5) is 0 Å². The molecule has 0 aliphatic carbocycles. The van der Waals surface area contributed by atoms with Crippen molar-refractivity contribution in [1.29, 1.82) is 0 Å². The van der Waals surface area contributed by atoms with E-state index >= 15 is 0 Å². The van der Waals surface area contributed by atoms with Crippen molar-refractivity contribution in [3.63, 3.8) is 0 Å². The molecule has 0 fully saturated rings. The van der Waals surface area contributed by atoms with Crippen molar-refractivity contribution >= 4 is 29.5 Å². The van der Waals surface area contributed by atoms with Gasteiger partial charge in [-0.15, -0.1) is 11.3 Å². The Morgan fingerprint density at radius 1 is 1.33 bits per heavy atom. The summed E-state index contributed by atoms with van der Waals surface area (Å²) in [5.41, 5.74) is 3.55. The van der Waals surface area contributed by atoms with Crippen molar-refractivity contribution < 1.29 is 0 Å². The van der Waals surface area contributed by atoms with Crippen LogP contribution in [-0.4, -0.2) is 10.7 Å². The third kappa shape index (κ3) is 3.24. The van der Waals surface area contributed by atoms with E-state index in [0.29, 0.717) is 0 Å². The zero-order valence-corrected chi connectivity index (χ0v) is 12.2.